The normalized spacial score (nSPS) is 22.5. The minimum Gasteiger partial charge on any atom is -0.478 e. The zero-order valence-electron chi connectivity index (χ0n) is 17.7. The number of benzene rings is 1. The van der Waals surface area contributed by atoms with Gasteiger partial charge in [0.15, 0.2) is 5.17 Å². The molecule has 158 valence electrons. The van der Waals surface area contributed by atoms with Crippen LogP contribution in [-0.2, 0) is 0 Å². The van der Waals surface area contributed by atoms with Crippen LogP contribution in [0.2, 0.25) is 0 Å². The average Bonchev–Trinajstić information content (AvgIpc) is 3.38. The van der Waals surface area contributed by atoms with E-state index in [2.05, 4.69) is 47.4 Å². The molecule has 0 spiro atoms. The highest BCUT2D eigenvalue weighted by Crippen LogP contribution is 2.48. The van der Waals surface area contributed by atoms with Crippen LogP contribution in [0, 0.1) is 13.8 Å². The molecule has 1 N–H and O–H groups in total. The minimum absolute atomic E-state index is 0.0421. The molecule has 1 saturated heterocycles. The Kier molecular flexibility index (Phi) is 4.85. The van der Waals surface area contributed by atoms with E-state index in [1.165, 1.54) is 5.56 Å². The Hall–Kier alpha value is -3.06. The van der Waals surface area contributed by atoms with E-state index < -0.39 is 5.97 Å². The van der Waals surface area contributed by atoms with Crippen molar-refractivity contribution in [2.24, 2.45) is 4.99 Å². The van der Waals surface area contributed by atoms with E-state index in [9.17, 15) is 9.90 Å². The number of rotatable bonds is 4. The lowest BCUT2D eigenvalue weighted by Crippen LogP contribution is -2.28. The zero-order chi connectivity index (χ0) is 21.7. The summed E-state index contributed by atoms with van der Waals surface area (Å²) in [7, 11) is 0. The Labute approximate surface area is 185 Å². The lowest BCUT2D eigenvalue weighted by atomic mass is 9.96. The molecule has 0 amide bonds. The topological polar surface area (TPSA) is 70.7 Å². The molecule has 0 saturated carbocycles. The first-order valence-corrected chi connectivity index (χ1v) is 11.3. The third-order valence-electron chi connectivity index (χ3n) is 6.04. The van der Waals surface area contributed by atoms with Crippen molar-refractivity contribution in [1.29, 1.82) is 0 Å². The van der Waals surface area contributed by atoms with Crippen molar-refractivity contribution in [3.63, 3.8) is 0 Å². The number of aromatic carboxylic acids is 1. The second-order valence-corrected chi connectivity index (χ2v) is 9.56. The molecule has 4 heterocycles. The predicted molar refractivity (Wildman–Crippen MR) is 123 cm³/mol. The molecule has 2 aromatic heterocycles. The van der Waals surface area contributed by atoms with Crippen molar-refractivity contribution in [3.05, 3.63) is 82.9 Å². The number of nitrogens with zero attached hydrogens (tertiary/aromatic N) is 4. The Bertz CT molecular complexity index is 1170. The van der Waals surface area contributed by atoms with Gasteiger partial charge in [-0.1, -0.05) is 24.8 Å². The molecule has 7 heteroatoms. The highest BCUT2D eigenvalue weighted by atomic mass is 32.2. The van der Waals surface area contributed by atoms with Crippen LogP contribution in [0.1, 0.15) is 52.0 Å². The van der Waals surface area contributed by atoms with Crippen LogP contribution in [0.15, 0.2) is 59.7 Å². The van der Waals surface area contributed by atoms with Crippen LogP contribution in [0.4, 0.5) is 0 Å². The van der Waals surface area contributed by atoms with Crippen LogP contribution < -0.4 is 0 Å². The molecular weight excluding hydrogens is 408 g/mol. The summed E-state index contributed by atoms with van der Waals surface area (Å²) >= 11 is 1.84. The number of thioether (sulfide) groups is 1. The molecule has 31 heavy (non-hydrogen) atoms. The van der Waals surface area contributed by atoms with Crippen molar-refractivity contribution < 1.29 is 9.90 Å². The van der Waals surface area contributed by atoms with Crippen LogP contribution in [0.3, 0.4) is 0 Å². The number of aryl methyl sites for hydroxylation is 1. The van der Waals surface area contributed by atoms with Gasteiger partial charge in [-0.05, 0) is 61.9 Å². The fourth-order valence-electron chi connectivity index (χ4n) is 4.69. The summed E-state index contributed by atoms with van der Waals surface area (Å²) in [6, 6.07) is 15.4. The van der Waals surface area contributed by atoms with Gasteiger partial charge in [0.05, 0.1) is 17.3 Å². The number of hydrogen-bond acceptors (Lipinski definition) is 5. The van der Waals surface area contributed by atoms with Gasteiger partial charge in [-0.3, -0.25) is 9.98 Å². The van der Waals surface area contributed by atoms with Crippen LogP contribution in [0.5, 0.6) is 0 Å². The number of pyridine rings is 1. The van der Waals surface area contributed by atoms with Gasteiger partial charge >= 0.3 is 5.97 Å². The lowest BCUT2D eigenvalue weighted by Gasteiger charge is -2.27. The molecule has 3 aromatic rings. The fourth-order valence-corrected chi connectivity index (χ4v) is 5.78. The molecule has 1 aromatic carbocycles. The number of amidine groups is 1. The monoisotopic (exact) mass is 432 g/mol. The lowest BCUT2D eigenvalue weighted by molar-refractivity contribution is 0.0697. The number of aliphatic imine (C=N–C) groups is 1. The molecule has 5 rings (SSSR count). The summed E-state index contributed by atoms with van der Waals surface area (Å²) in [6.07, 6.45) is 1.83. The maximum atomic E-state index is 11.2. The number of fused-ring (bicyclic) bond motifs is 1. The van der Waals surface area contributed by atoms with Crippen molar-refractivity contribution in [1.82, 2.24) is 14.5 Å². The van der Waals surface area contributed by atoms with Crippen LogP contribution in [-0.4, -0.2) is 42.5 Å². The third kappa shape index (κ3) is 3.33. The molecule has 2 aliphatic heterocycles. The van der Waals surface area contributed by atoms with Crippen LogP contribution in [0.25, 0.3) is 5.69 Å². The highest BCUT2D eigenvalue weighted by Gasteiger charge is 2.44. The van der Waals surface area contributed by atoms with Crippen LogP contribution >= 0.6 is 11.8 Å². The first-order valence-electron chi connectivity index (χ1n) is 10.4. The Morgan fingerprint density at radius 1 is 1.16 bits per heavy atom. The second kappa shape index (κ2) is 7.57. The first-order chi connectivity index (χ1) is 14.9. The summed E-state index contributed by atoms with van der Waals surface area (Å²) in [6.45, 7) is 7.43. The number of carbonyl (C=O) groups is 1. The molecule has 0 aliphatic carbocycles. The van der Waals surface area contributed by atoms with Gasteiger partial charge in [0.1, 0.15) is 6.04 Å². The largest absolute Gasteiger partial charge is 0.478 e. The quantitative estimate of drug-likeness (QED) is 0.643. The summed E-state index contributed by atoms with van der Waals surface area (Å²) in [4.78, 5) is 23.4. The van der Waals surface area contributed by atoms with Crippen molar-refractivity contribution in [3.8, 4) is 5.69 Å². The molecule has 6 nitrogen and oxygen atoms in total. The van der Waals surface area contributed by atoms with Gasteiger partial charge in [0.2, 0.25) is 0 Å². The van der Waals surface area contributed by atoms with E-state index in [4.69, 9.17) is 4.99 Å². The first kappa shape index (κ1) is 19.9. The van der Waals surface area contributed by atoms with E-state index in [0.717, 1.165) is 34.5 Å². The fraction of sp³-hybridized carbons (Fsp3) is 0.292. The van der Waals surface area contributed by atoms with Crippen molar-refractivity contribution >= 4 is 22.9 Å². The Balaban J connectivity index is 1.59. The average molecular weight is 433 g/mol. The number of aromatic nitrogens is 2. The van der Waals surface area contributed by atoms with Crippen molar-refractivity contribution in [2.75, 3.05) is 6.54 Å². The van der Waals surface area contributed by atoms with E-state index in [1.807, 2.05) is 42.2 Å². The summed E-state index contributed by atoms with van der Waals surface area (Å²) < 4.78 is 2.20. The molecular formula is C24H24N4O2S. The van der Waals surface area contributed by atoms with Crippen molar-refractivity contribution in [2.45, 2.75) is 38.1 Å². The van der Waals surface area contributed by atoms with Gasteiger partial charge in [0.25, 0.3) is 0 Å². The molecule has 3 atom stereocenters. The molecule has 0 unspecified atom stereocenters. The Morgan fingerprint density at radius 2 is 1.94 bits per heavy atom. The predicted octanol–water partition coefficient (Wildman–Crippen LogP) is 4.78. The molecule has 1 fully saturated rings. The molecule has 0 bridgehead atoms. The Morgan fingerprint density at radius 3 is 2.61 bits per heavy atom. The maximum Gasteiger partial charge on any atom is 0.335 e. The van der Waals surface area contributed by atoms with E-state index in [-0.39, 0.29) is 12.1 Å². The van der Waals surface area contributed by atoms with E-state index in [1.54, 1.807) is 12.1 Å². The van der Waals surface area contributed by atoms with Gasteiger partial charge in [-0.2, -0.15) is 0 Å². The zero-order valence-corrected chi connectivity index (χ0v) is 18.5. The summed E-state index contributed by atoms with van der Waals surface area (Å²) in [5.41, 5.74) is 5.74. The molecule has 2 aliphatic rings. The summed E-state index contributed by atoms with van der Waals surface area (Å²) in [5, 5.41) is 10.8. The van der Waals surface area contributed by atoms with Gasteiger partial charge in [0, 0.05) is 35.1 Å². The number of carboxylic acids is 1. The number of hydrogen-bond donors (Lipinski definition) is 1. The van der Waals surface area contributed by atoms with Gasteiger partial charge < -0.3 is 14.6 Å². The minimum atomic E-state index is -0.914. The van der Waals surface area contributed by atoms with E-state index in [0.29, 0.717) is 10.8 Å². The highest BCUT2D eigenvalue weighted by molar-refractivity contribution is 8.14. The smallest absolute Gasteiger partial charge is 0.335 e. The van der Waals surface area contributed by atoms with Gasteiger partial charge in [-0.25, -0.2) is 4.79 Å². The maximum absolute atomic E-state index is 11.2. The number of carboxylic acid groups (broad SMARTS) is 1. The van der Waals surface area contributed by atoms with Gasteiger partial charge in [-0.15, -0.1) is 0 Å². The van der Waals surface area contributed by atoms with E-state index >= 15 is 0 Å². The molecule has 0 radical (unpaired) electrons. The summed E-state index contributed by atoms with van der Waals surface area (Å²) in [5.74, 6) is -0.914. The second-order valence-electron chi connectivity index (χ2n) is 8.15. The SMILES string of the molecule is Cc1cc([C@@H]2[C@@H](c3ccccn3)N=C3S[C@H](C)CN32)c(C)n1-c1ccc(C(=O)O)cc1. The standard InChI is InChI=1S/C24H24N4O2S/c1-14-12-19(16(3)28(14)18-9-7-17(8-10-18)23(29)30)22-21(20-6-4-5-11-25-20)26-24-27(22)13-15(2)31-24/h4-12,15,21-22H,13H2,1-3H3,(H,29,30)/t15-,21-,22-/m1/s1. The third-order valence-corrected chi connectivity index (χ3v) is 7.14.